The Hall–Kier alpha value is -0.336. The molecule has 0 radical (unpaired) electrons. The third-order valence-electron chi connectivity index (χ3n) is 6.13. The summed E-state index contributed by atoms with van der Waals surface area (Å²) in [7, 11) is -4.60. The maximum Gasteiger partial charge on any atom is 0.383 e. The van der Waals surface area contributed by atoms with E-state index in [1.54, 1.807) is 0 Å². The molecule has 0 saturated carbocycles. The molecule has 0 aliphatic rings. The van der Waals surface area contributed by atoms with Gasteiger partial charge in [0.2, 0.25) is 0 Å². The lowest BCUT2D eigenvalue weighted by molar-refractivity contribution is 0.225. The molecule has 198 valence electrons. The highest BCUT2D eigenvalue weighted by molar-refractivity contribution is 6.79. The van der Waals surface area contributed by atoms with Gasteiger partial charge >= 0.3 is 17.1 Å². The molecule has 1 aromatic rings. The van der Waals surface area contributed by atoms with E-state index in [0.717, 1.165) is 13.0 Å². The number of unbranched alkanes of at least 4 members (excludes halogenated alkanes) is 15. The topological polar surface area (TPSA) is 27.7 Å². The smallest absolute Gasteiger partial charge is 0.383 e. The van der Waals surface area contributed by atoms with Crippen LogP contribution in [0.25, 0.3) is 0 Å². The second-order valence-corrected chi connectivity index (χ2v) is 17.9. The Labute approximate surface area is 218 Å². The van der Waals surface area contributed by atoms with Crippen LogP contribution < -0.4 is 4.43 Å². The van der Waals surface area contributed by atoms with Crippen LogP contribution >= 0.6 is 11.6 Å². The van der Waals surface area contributed by atoms with E-state index in [1.807, 2.05) is 24.3 Å². The Morgan fingerprint density at radius 1 is 0.618 bits per heavy atom. The summed E-state index contributed by atoms with van der Waals surface area (Å²) < 4.78 is 18.7. The van der Waals surface area contributed by atoms with E-state index in [0.29, 0.717) is 10.8 Å². The number of benzene rings is 1. The summed E-state index contributed by atoms with van der Waals surface area (Å²) in [5.74, 6) is 0.698. The van der Waals surface area contributed by atoms with Crippen LogP contribution in [-0.2, 0) is 8.54 Å². The minimum absolute atomic E-state index is 0.625. The molecular weight excluding hydrogens is 476 g/mol. The molecule has 34 heavy (non-hydrogen) atoms. The molecule has 0 N–H and O–H groups in total. The highest BCUT2D eigenvalue weighted by Crippen LogP contribution is 2.28. The molecule has 3 nitrogen and oxygen atoms in total. The summed E-state index contributed by atoms with van der Waals surface area (Å²) >= 11 is 6.24. The van der Waals surface area contributed by atoms with Gasteiger partial charge in [-0.15, -0.1) is 0 Å². The molecule has 0 spiro atoms. The molecule has 0 amide bonds. The minimum Gasteiger partial charge on any atom is -0.520 e. The molecule has 6 heteroatoms. The minimum atomic E-state index is -2.37. The van der Waals surface area contributed by atoms with Crippen LogP contribution in [0.2, 0.25) is 31.2 Å². The van der Waals surface area contributed by atoms with E-state index in [-0.39, 0.29) is 0 Å². The van der Waals surface area contributed by atoms with Gasteiger partial charge in [0, 0.05) is 6.61 Å². The number of hydrogen-bond donors (Lipinski definition) is 0. The largest absolute Gasteiger partial charge is 0.520 e. The van der Waals surface area contributed by atoms with Gasteiger partial charge in [0.15, 0.2) is 0 Å². The van der Waals surface area contributed by atoms with Gasteiger partial charge < -0.3 is 13.0 Å². The predicted molar refractivity (Wildman–Crippen MR) is 154 cm³/mol. The van der Waals surface area contributed by atoms with Crippen molar-refractivity contribution in [3.8, 4) is 5.75 Å². The maximum absolute atomic E-state index is 6.39. The van der Waals surface area contributed by atoms with Gasteiger partial charge in [-0.3, -0.25) is 0 Å². The van der Waals surface area contributed by atoms with Gasteiger partial charge in [-0.25, -0.2) is 0 Å². The first-order valence-electron chi connectivity index (χ1n) is 14.0. The number of halogens is 1. The number of rotatable bonds is 22. The van der Waals surface area contributed by atoms with Crippen LogP contribution in [0, 0.1) is 0 Å². The van der Waals surface area contributed by atoms with Crippen LogP contribution in [0.1, 0.15) is 110 Å². The van der Waals surface area contributed by atoms with E-state index in [1.165, 1.54) is 96.3 Å². The highest BCUT2D eigenvalue weighted by Gasteiger charge is 2.38. The third-order valence-corrected chi connectivity index (χ3v) is 12.0. The predicted octanol–water partition coefficient (Wildman–Crippen LogP) is 10.4. The fraction of sp³-hybridized carbons (Fsp3) is 0.786. The Bertz CT molecular complexity index is 625. The van der Waals surface area contributed by atoms with E-state index >= 15 is 0 Å². The summed E-state index contributed by atoms with van der Waals surface area (Å²) in [6, 6.07) is 7.58. The monoisotopic (exact) mass is 528 g/mol. The SMILES string of the molecule is CCCCCCCCCCCCCCCCCCO[Si](C)(C)O[Si](C)(C)Oc1ccccc1Cl. The summed E-state index contributed by atoms with van der Waals surface area (Å²) in [5.41, 5.74) is 0. The lowest BCUT2D eigenvalue weighted by Crippen LogP contribution is -2.50. The van der Waals surface area contributed by atoms with Crippen molar-refractivity contribution < 1.29 is 13.0 Å². The molecule has 1 rings (SSSR count). The Balaban J connectivity index is 1.97. The summed E-state index contributed by atoms with van der Waals surface area (Å²) in [4.78, 5) is 0. The fourth-order valence-corrected chi connectivity index (χ4v) is 11.1. The molecule has 0 aliphatic carbocycles. The molecule has 0 aromatic heterocycles. The zero-order chi connectivity index (χ0) is 25.1. The fourth-order valence-electron chi connectivity index (χ4n) is 4.40. The maximum atomic E-state index is 6.39. The molecular formula is C28H53ClO3Si2. The number of para-hydroxylation sites is 1. The zero-order valence-corrected chi connectivity index (χ0v) is 25.7. The number of hydrogen-bond acceptors (Lipinski definition) is 3. The second-order valence-electron chi connectivity index (χ2n) is 10.6. The van der Waals surface area contributed by atoms with Crippen LogP contribution in [0.3, 0.4) is 0 Å². The molecule has 0 atom stereocenters. The van der Waals surface area contributed by atoms with Crippen molar-refractivity contribution in [3.63, 3.8) is 0 Å². The van der Waals surface area contributed by atoms with E-state index in [9.17, 15) is 0 Å². The summed E-state index contributed by atoms with van der Waals surface area (Å²) in [6.07, 6.45) is 22.1. The van der Waals surface area contributed by atoms with Crippen LogP contribution in [0.5, 0.6) is 5.75 Å². The van der Waals surface area contributed by atoms with Crippen molar-refractivity contribution in [2.45, 2.75) is 136 Å². The van der Waals surface area contributed by atoms with Crippen LogP contribution in [0.4, 0.5) is 0 Å². The van der Waals surface area contributed by atoms with E-state index < -0.39 is 17.1 Å². The molecule has 0 fully saturated rings. The molecule has 0 unspecified atom stereocenters. The summed E-state index contributed by atoms with van der Waals surface area (Å²) in [6.45, 7) is 11.4. The lowest BCUT2D eigenvalue weighted by Gasteiger charge is -2.33. The Morgan fingerprint density at radius 2 is 1.06 bits per heavy atom. The van der Waals surface area contributed by atoms with Crippen molar-refractivity contribution in [1.29, 1.82) is 0 Å². The van der Waals surface area contributed by atoms with Gasteiger partial charge in [0.1, 0.15) is 5.75 Å². The Kier molecular flexibility index (Phi) is 17.6. The van der Waals surface area contributed by atoms with Crippen molar-refractivity contribution in [3.05, 3.63) is 29.3 Å². The Morgan fingerprint density at radius 3 is 1.53 bits per heavy atom. The van der Waals surface area contributed by atoms with Gasteiger partial charge in [-0.2, -0.15) is 0 Å². The summed E-state index contributed by atoms with van der Waals surface area (Å²) in [5, 5.41) is 0.625. The highest BCUT2D eigenvalue weighted by atomic mass is 35.5. The van der Waals surface area contributed by atoms with E-state index in [2.05, 4.69) is 33.1 Å². The molecule has 0 aliphatic heterocycles. The first kappa shape index (κ1) is 31.7. The van der Waals surface area contributed by atoms with E-state index in [4.69, 9.17) is 24.6 Å². The quantitative estimate of drug-likeness (QED) is 0.110. The molecule has 1 aromatic carbocycles. The van der Waals surface area contributed by atoms with Crippen molar-refractivity contribution in [1.82, 2.24) is 0 Å². The average Bonchev–Trinajstić information content (AvgIpc) is 2.76. The lowest BCUT2D eigenvalue weighted by atomic mass is 10.0. The second kappa shape index (κ2) is 18.9. The van der Waals surface area contributed by atoms with Gasteiger partial charge in [0.05, 0.1) is 5.02 Å². The standard InChI is InChI=1S/C28H53ClO3Si2/c1-6-7-8-9-10-11-12-13-14-15-16-17-18-19-20-23-26-30-33(2,3)32-34(4,5)31-28-25-22-21-24-27(28)29/h21-22,24-25H,6-20,23,26H2,1-5H3. The van der Waals surface area contributed by atoms with Crippen LogP contribution in [0.15, 0.2) is 24.3 Å². The van der Waals surface area contributed by atoms with Crippen molar-refractivity contribution in [2.24, 2.45) is 0 Å². The third kappa shape index (κ3) is 17.2. The van der Waals surface area contributed by atoms with Gasteiger partial charge in [-0.1, -0.05) is 127 Å². The zero-order valence-electron chi connectivity index (χ0n) is 22.9. The molecule has 0 heterocycles. The first-order chi connectivity index (χ1) is 16.3. The molecule has 0 saturated heterocycles. The first-order valence-corrected chi connectivity index (χ1v) is 20.0. The van der Waals surface area contributed by atoms with Crippen molar-refractivity contribution in [2.75, 3.05) is 6.61 Å². The van der Waals surface area contributed by atoms with Gasteiger partial charge in [-0.05, 0) is 44.7 Å². The molecule has 0 bridgehead atoms. The normalized spacial score (nSPS) is 12.3. The van der Waals surface area contributed by atoms with Crippen molar-refractivity contribution >= 4 is 28.7 Å². The average molecular weight is 529 g/mol. The van der Waals surface area contributed by atoms with Gasteiger partial charge in [0.25, 0.3) is 0 Å². The van der Waals surface area contributed by atoms with Crippen LogP contribution in [-0.4, -0.2) is 23.7 Å².